The fourth-order valence-corrected chi connectivity index (χ4v) is 1.92. The van der Waals surface area contributed by atoms with Crippen molar-refractivity contribution in [2.45, 2.75) is 6.92 Å². The molecule has 8 nitrogen and oxygen atoms in total. The molecule has 2 aromatic heterocycles. The smallest absolute Gasteiger partial charge is 0.352 e. The maximum Gasteiger partial charge on any atom is 0.352 e. The van der Waals surface area contributed by atoms with E-state index in [-0.39, 0.29) is 0 Å². The molecule has 1 aromatic carbocycles. The number of carbonyl (C=O) groups is 1. The van der Waals surface area contributed by atoms with E-state index < -0.39 is 22.9 Å². The lowest BCUT2D eigenvalue weighted by molar-refractivity contribution is 0.0689. The minimum absolute atomic E-state index is 0.418. The van der Waals surface area contributed by atoms with E-state index in [9.17, 15) is 14.4 Å². The molecule has 118 valence electrons. The number of pyridine rings is 1. The highest BCUT2D eigenvalue weighted by molar-refractivity contribution is 5.90. The number of hydrogen-bond donors (Lipinski definition) is 4. The lowest BCUT2D eigenvalue weighted by Crippen LogP contribution is -2.24. The molecular weight excluding hydrogens is 300 g/mol. The number of fused-ring (bicyclic) bond motifs is 1. The second-order valence-corrected chi connectivity index (χ2v) is 4.68. The van der Waals surface area contributed by atoms with E-state index >= 15 is 0 Å². The van der Waals surface area contributed by atoms with E-state index in [1.807, 2.05) is 47.2 Å². The van der Waals surface area contributed by atoms with Gasteiger partial charge in [-0.1, -0.05) is 18.2 Å². The number of hydrogen-bond acceptors (Lipinski definition) is 5. The minimum Gasteiger partial charge on any atom is -0.477 e. The summed E-state index contributed by atoms with van der Waals surface area (Å²) in [6.07, 6.45) is 0. The molecule has 0 atom stereocenters. The molecule has 3 aromatic rings. The van der Waals surface area contributed by atoms with E-state index in [0.717, 1.165) is 28.4 Å². The molecular formula is C15H14N4O4. The van der Waals surface area contributed by atoms with Crippen LogP contribution in [-0.4, -0.2) is 26.0 Å². The Morgan fingerprint density at radius 2 is 1.87 bits per heavy atom. The highest BCUT2D eigenvalue weighted by Crippen LogP contribution is 2.19. The predicted octanol–water partition coefficient (Wildman–Crippen LogP) is 0.887. The van der Waals surface area contributed by atoms with Gasteiger partial charge in [0.05, 0.1) is 5.52 Å². The number of aromatic amines is 2. The van der Waals surface area contributed by atoms with Gasteiger partial charge in [0.25, 0.3) is 5.56 Å². The summed E-state index contributed by atoms with van der Waals surface area (Å²) in [7, 11) is 0. The van der Waals surface area contributed by atoms with Crippen molar-refractivity contribution in [1.29, 1.82) is 0 Å². The molecule has 23 heavy (non-hydrogen) atoms. The molecule has 0 radical (unpaired) electrons. The first-order valence-corrected chi connectivity index (χ1v) is 6.55. The van der Waals surface area contributed by atoms with Crippen LogP contribution in [0.1, 0.15) is 16.2 Å². The van der Waals surface area contributed by atoms with Gasteiger partial charge < -0.3 is 15.8 Å². The highest BCUT2D eigenvalue weighted by Gasteiger charge is 2.03. The molecule has 0 saturated carbocycles. The molecule has 8 heteroatoms. The number of carboxylic acid groups (broad SMARTS) is 1. The quantitative estimate of drug-likeness (QED) is 0.525. The van der Waals surface area contributed by atoms with Gasteiger partial charge in [0.2, 0.25) is 0 Å². The van der Waals surface area contributed by atoms with E-state index in [1.165, 1.54) is 0 Å². The van der Waals surface area contributed by atoms with Crippen molar-refractivity contribution in [2.75, 3.05) is 5.73 Å². The lowest BCUT2D eigenvalue weighted by Gasteiger charge is -2.01. The SMILES string of the molecule is Cc1cc(N)c2ccccc2n1.O=C(O)c1cc(=O)[nH]c(=O)[nH]1. The number of aryl methyl sites for hydroxylation is 1. The standard InChI is InChI=1S/C10H10N2.C5H4N2O4/c1-7-6-9(11)8-4-2-3-5-10(8)12-7;8-3-1-2(4(9)10)6-5(11)7-3/h2-6H,1H3,(H2,11,12);1H,(H,9,10)(H2,6,7,8,11). The summed E-state index contributed by atoms with van der Waals surface area (Å²) in [5.74, 6) is -1.34. The zero-order valence-corrected chi connectivity index (χ0v) is 12.2. The fourth-order valence-electron chi connectivity index (χ4n) is 1.92. The summed E-state index contributed by atoms with van der Waals surface area (Å²) in [5.41, 5.74) is 6.58. The Hall–Kier alpha value is -3.42. The van der Waals surface area contributed by atoms with Crippen molar-refractivity contribution in [3.05, 3.63) is 68.6 Å². The fraction of sp³-hybridized carbons (Fsp3) is 0.0667. The van der Waals surface area contributed by atoms with Gasteiger partial charge >= 0.3 is 11.7 Å². The van der Waals surface area contributed by atoms with Gasteiger partial charge in [-0.3, -0.25) is 14.8 Å². The van der Waals surface area contributed by atoms with Crippen molar-refractivity contribution < 1.29 is 9.90 Å². The third-order valence-corrected chi connectivity index (χ3v) is 2.87. The Morgan fingerprint density at radius 3 is 2.52 bits per heavy atom. The minimum atomic E-state index is -1.34. The average molecular weight is 314 g/mol. The highest BCUT2D eigenvalue weighted by atomic mass is 16.4. The van der Waals surface area contributed by atoms with E-state index in [1.54, 1.807) is 0 Å². The van der Waals surface area contributed by atoms with Crippen LogP contribution in [-0.2, 0) is 0 Å². The Labute approximate surface area is 129 Å². The lowest BCUT2D eigenvalue weighted by atomic mass is 10.2. The summed E-state index contributed by atoms with van der Waals surface area (Å²) in [6, 6.07) is 10.6. The van der Waals surface area contributed by atoms with Crippen molar-refractivity contribution in [1.82, 2.24) is 15.0 Å². The van der Waals surface area contributed by atoms with Crippen LogP contribution in [0.2, 0.25) is 0 Å². The number of nitrogen functional groups attached to an aromatic ring is 1. The Morgan fingerprint density at radius 1 is 1.17 bits per heavy atom. The van der Waals surface area contributed by atoms with Crippen LogP contribution in [0.25, 0.3) is 10.9 Å². The third-order valence-electron chi connectivity index (χ3n) is 2.87. The van der Waals surface area contributed by atoms with Gasteiger partial charge in [-0.05, 0) is 19.1 Å². The van der Waals surface area contributed by atoms with Crippen LogP contribution in [0.15, 0.2) is 46.0 Å². The Kier molecular flexibility index (Phi) is 4.55. The zero-order valence-electron chi connectivity index (χ0n) is 12.2. The number of anilines is 1. The van der Waals surface area contributed by atoms with Crippen molar-refractivity contribution in [3.63, 3.8) is 0 Å². The van der Waals surface area contributed by atoms with Crippen LogP contribution >= 0.6 is 0 Å². The van der Waals surface area contributed by atoms with E-state index in [0.29, 0.717) is 0 Å². The zero-order chi connectivity index (χ0) is 17.0. The van der Waals surface area contributed by atoms with Crippen LogP contribution < -0.4 is 17.0 Å². The number of aromatic nitrogens is 3. The van der Waals surface area contributed by atoms with Crippen LogP contribution in [0, 0.1) is 6.92 Å². The van der Waals surface area contributed by atoms with Crippen LogP contribution in [0.3, 0.4) is 0 Å². The Bertz CT molecular complexity index is 947. The van der Waals surface area contributed by atoms with Gasteiger partial charge in [0, 0.05) is 22.8 Å². The number of nitrogens with two attached hydrogens (primary N) is 1. The normalized spacial score (nSPS) is 9.96. The van der Waals surface area contributed by atoms with Crippen LogP contribution in [0.5, 0.6) is 0 Å². The first kappa shape index (κ1) is 16.0. The summed E-state index contributed by atoms with van der Waals surface area (Å²) in [5, 5.41) is 9.34. The molecule has 0 aliphatic heterocycles. The maximum atomic E-state index is 10.5. The number of rotatable bonds is 1. The number of aromatic carboxylic acids is 1. The second-order valence-electron chi connectivity index (χ2n) is 4.68. The van der Waals surface area contributed by atoms with E-state index in [4.69, 9.17) is 10.8 Å². The summed E-state index contributed by atoms with van der Waals surface area (Å²) in [4.78, 5) is 39.2. The van der Waals surface area contributed by atoms with Crippen molar-refractivity contribution in [2.24, 2.45) is 0 Å². The molecule has 2 heterocycles. The van der Waals surface area contributed by atoms with E-state index in [2.05, 4.69) is 4.98 Å². The Balaban J connectivity index is 0.000000168. The average Bonchev–Trinajstić information content (AvgIpc) is 2.46. The monoisotopic (exact) mass is 314 g/mol. The molecule has 0 unspecified atom stereocenters. The molecule has 0 amide bonds. The predicted molar refractivity (Wildman–Crippen MR) is 85.5 cm³/mol. The first-order chi connectivity index (χ1) is 10.9. The maximum absolute atomic E-state index is 10.5. The summed E-state index contributed by atoms with van der Waals surface area (Å²) >= 11 is 0. The molecule has 0 bridgehead atoms. The number of H-pyrrole nitrogens is 2. The topological polar surface area (TPSA) is 142 Å². The van der Waals surface area contributed by atoms with Gasteiger partial charge in [-0.25, -0.2) is 9.59 Å². The number of benzene rings is 1. The number of carboxylic acids is 1. The van der Waals surface area contributed by atoms with Gasteiger partial charge in [-0.2, -0.15) is 0 Å². The molecule has 0 saturated heterocycles. The van der Waals surface area contributed by atoms with Gasteiger partial charge in [0.1, 0.15) is 5.69 Å². The molecule has 0 spiro atoms. The van der Waals surface area contributed by atoms with Crippen LogP contribution in [0.4, 0.5) is 5.69 Å². The molecule has 0 aliphatic carbocycles. The van der Waals surface area contributed by atoms with Gasteiger partial charge in [0.15, 0.2) is 0 Å². The summed E-state index contributed by atoms with van der Waals surface area (Å²) < 4.78 is 0. The van der Waals surface area contributed by atoms with Crippen molar-refractivity contribution >= 4 is 22.6 Å². The number of para-hydroxylation sites is 1. The molecule has 3 rings (SSSR count). The molecule has 0 aliphatic rings. The second kappa shape index (κ2) is 6.56. The number of nitrogens with one attached hydrogen (secondary N) is 2. The largest absolute Gasteiger partial charge is 0.477 e. The first-order valence-electron chi connectivity index (χ1n) is 6.55. The molecule has 5 N–H and O–H groups in total. The molecule has 0 fully saturated rings. The number of nitrogens with zero attached hydrogens (tertiary/aromatic N) is 1. The van der Waals surface area contributed by atoms with Gasteiger partial charge in [-0.15, -0.1) is 0 Å². The third kappa shape index (κ3) is 4.03. The van der Waals surface area contributed by atoms with Crippen molar-refractivity contribution in [3.8, 4) is 0 Å². The summed E-state index contributed by atoms with van der Waals surface area (Å²) in [6.45, 7) is 1.95.